The summed E-state index contributed by atoms with van der Waals surface area (Å²) in [5.74, 6) is 0.161. The van der Waals surface area contributed by atoms with Gasteiger partial charge in [0, 0.05) is 23.5 Å². The highest BCUT2D eigenvalue weighted by Crippen LogP contribution is 2.29. The zero-order valence-electron chi connectivity index (χ0n) is 19.5. The van der Waals surface area contributed by atoms with Gasteiger partial charge in [0.2, 0.25) is 5.91 Å². The number of hydrogen-bond donors (Lipinski definition) is 1. The smallest absolute Gasteiger partial charge is 0.220 e. The van der Waals surface area contributed by atoms with Gasteiger partial charge in [-0.2, -0.15) is 5.10 Å². The van der Waals surface area contributed by atoms with E-state index in [1.165, 1.54) is 41.5 Å². The lowest BCUT2D eigenvalue weighted by atomic mass is 9.95. The molecule has 1 aliphatic carbocycles. The van der Waals surface area contributed by atoms with Crippen molar-refractivity contribution in [3.63, 3.8) is 0 Å². The zero-order valence-corrected chi connectivity index (χ0v) is 19.5. The number of pyridine rings is 1. The van der Waals surface area contributed by atoms with Gasteiger partial charge in [-0.25, -0.2) is 9.67 Å². The van der Waals surface area contributed by atoms with Gasteiger partial charge in [-0.15, -0.1) is 0 Å². The minimum absolute atomic E-state index is 0.161. The number of hydrogen-bond acceptors (Lipinski definition) is 3. The molecule has 5 nitrogen and oxygen atoms in total. The Balaban J connectivity index is 1.60. The molecule has 0 bridgehead atoms. The highest BCUT2D eigenvalue weighted by Gasteiger charge is 2.20. The van der Waals surface area contributed by atoms with E-state index in [2.05, 4.69) is 44.3 Å². The quantitative estimate of drug-likeness (QED) is 0.608. The van der Waals surface area contributed by atoms with Crippen molar-refractivity contribution in [1.82, 2.24) is 20.1 Å². The van der Waals surface area contributed by atoms with E-state index in [4.69, 9.17) is 10.1 Å². The predicted octanol–water partition coefficient (Wildman–Crippen LogP) is 5.34. The second-order valence-electron chi connectivity index (χ2n) is 9.17. The molecule has 0 saturated heterocycles. The van der Waals surface area contributed by atoms with Crippen molar-refractivity contribution in [2.45, 2.75) is 85.6 Å². The standard InChI is InChI=1S/C26H34N4O/c1-16-11-12-22(15-17(16)2)30-26-25(20(5)29-30)18(3)23(19(4)27-26)13-14-24(31)28-21-9-7-6-8-10-21/h11-12,15,21H,6-10,13-14H2,1-5H3,(H,28,31). The van der Waals surface area contributed by atoms with E-state index in [1.807, 2.05) is 18.5 Å². The Hall–Kier alpha value is -2.69. The monoisotopic (exact) mass is 418 g/mol. The Labute approximate surface area is 185 Å². The van der Waals surface area contributed by atoms with Crippen molar-refractivity contribution in [2.24, 2.45) is 0 Å². The van der Waals surface area contributed by atoms with Gasteiger partial charge < -0.3 is 5.32 Å². The van der Waals surface area contributed by atoms with Crippen LogP contribution in [0.5, 0.6) is 0 Å². The third kappa shape index (κ3) is 4.36. The molecule has 164 valence electrons. The highest BCUT2D eigenvalue weighted by molar-refractivity contribution is 5.85. The molecule has 1 fully saturated rings. The number of aromatic nitrogens is 3. The van der Waals surface area contributed by atoms with Gasteiger partial charge in [-0.3, -0.25) is 4.79 Å². The van der Waals surface area contributed by atoms with Crippen molar-refractivity contribution in [2.75, 3.05) is 0 Å². The summed E-state index contributed by atoms with van der Waals surface area (Å²) in [5.41, 5.74) is 8.78. The van der Waals surface area contributed by atoms with Crippen LogP contribution in [0.4, 0.5) is 0 Å². The van der Waals surface area contributed by atoms with E-state index < -0.39 is 0 Å². The van der Waals surface area contributed by atoms with Crippen LogP contribution in [-0.4, -0.2) is 26.7 Å². The van der Waals surface area contributed by atoms with Crippen molar-refractivity contribution in [3.8, 4) is 5.69 Å². The second-order valence-corrected chi connectivity index (χ2v) is 9.17. The lowest BCUT2D eigenvalue weighted by molar-refractivity contribution is -0.121. The molecule has 3 aromatic rings. The molecule has 5 heteroatoms. The third-order valence-corrected chi connectivity index (χ3v) is 6.88. The van der Waals surface area contributed by atoms with Crippen LogP contribution in [0.3, 0.4) is 0 Å². The predicted molar refractivity (Wildman–Crippen MR) is 126 cm³/mol. The van der Waals surface area contributed by atoms with Crippen LogP contribution in [-0.2, 0) is 11.2 Å². The summed E-state index contributed by atoms with van der Waals surface area (Å²) in [7, 11) is 0. The summed E-state index contributed by atoms with van der Waals surface area (Å²) in [6.07, 6.45) is 7.22. The van der Waals surface area contributed by atoms with E-state index >= 15 is 0 Å². The van der Waals surface area contributed by atoms with Crippen molar-refractivity contribution < 1.29 is 4.79 Å². The normalized spacial score (nSPS) is 14.9. The number of nitrogens with zero attached hydrogens (tertiary/aromatic N) is 3. The Kier molecular flexibility index (Phi) is 6.12. The summed E-state index contributed by atoms with van der Waals surface area (Å²) in [6.45, 7) is 10.5. The van der Waals surface area contributed by atoms with Crippen LogP contribution in [0.2, 0.25) is 0 Å². The van der Waals surface area contributed by atoms with Gasteiger partial charge in [0.25, 0.3) is 0 Å². The molecule has 31 heavy (non-hydrogen) atoms. The molecule has 0 aliphatic heterocycles. The molecule has 2 aromatic heterocycles. The lowest BCUT2D eigenvalue weighted by Crippen LogP contribution is -2.36. The molecule has 1 amide bonds. The molecule has 4 rings (SSSR count). The molecule has 0 radical (unpaired) electrons. The molecule has 1 aliphatic rings. The summed E-state index contributed by atoms with van der Waals surface area (Å²) >= 11 is 0. The van der Waals surface area contributed by atoms with Crippen LogP contribution in [0.1, 0.15) is 72.2 Å². The molecule has 0 atom stereocenters. The Bertz CT molecular complexity index is 1120. The highest BCUT2D eigenvalue weighted by atomic mass is 16.1. The molecular formula is C26H34N4O. The minimum atomic E-state index is 0.161. The summed E-state index contributed by atoms with van der Waals surface area (Å²) < 4.78 is 1.96. The third-order valence-electron chi connectivity index (χ3n) is 6.88. The Morgan fingerprint density at radius 3 is 2.48 bits per heavy atom. The van der Waals surface area contributed by atoms with Crippen molar-refractivity contribution >= 4 is 16.9 Å². The maximum Gasteiger partial charge on any atom is 0.220 e. The van der Waals surface area contributed by atoms with Crippen molar-refractivity contribution in [3.05, 3.63) is 51.8 Å². The fourth-order valence-corrected chi connectivity index (χ4v) is 4.90. The summed E-state index contributed by atoms with van der Waals surface area (Å²) in [5, 5.41) is 9.16. The number of amides is 1. The van der Waals surface area contributed by atoms with Crippen LogP contribution >= 0.6 is 0 Å². The van der Waals surface area contributed by atoms with Crippen LogP contribution in [0.15, 0.2) is 18.2 Å². The molecule has 1 aromatic carbocycles. The maximum absolute atomic E-state index is 12.5. The first kappa shape index (κ1) is 21.5. The molecule has 1 N–H and O–H groups in total. The molecule has 1 saturated carbocycles. The van der Waals surface area contributed by atoms with Gasteiger partial charge >= 0.3 is 0 Å². The number of carbonyl (C=O) groups is 1. The number of rotatable bonds is 5. The van der Waals surface area contributed by atoms with Crippen LogP contribution < -0.4 is 5.32 Å². The second kappa shape index (κ2) is 8.81. The Morgan fingerprint density at radius 1 is 1.03 bits per heavy atom. The fraction of sp³-hybridized carbons (Fsp3) is 0.500. The van der Waals surface area contributed by atoms with E-state index in [-0.39, 0.29) is 5.91 Å². The van der Waals surface area contributed by atoms with Crippen LogP contribution in [0.25, 0.3) is 16.7 Å². The molecule has 0 unspecified atom stereocenters. The lowest BCUT2D eigenvalue weighted by Gasteiger charge is -2.22. The number of nitrogens with one attached hydrogen (secondary N) is 1. The van der Waals surface area contributed by atoms with Crippen molar-refractivity contribution in [1.29, 1.82) is 0 Å². The summed E-state index contributed by atoms with van der Waals surface area (Å²) in [4.78, 5) is 17.5. The topological polar surface area (TPSA) is 59.8 Å². The average Bonchev–Trinajstić information content (AvgIpc) is 3.06. The summed E-state index contributed by atoms with van der Waals surface area (Å²) in [6, 6.07) is 6.76. The average molecular weight is 419 g/mol. The maximum atomic E-state index is 12.5. The van der Waals surface area contributed by atoms with Gasteiger partial charge in [-0.1, -0.05) is 25.3 Å². The zero-order chi connectivity index (χ0) is 22.1. The fourth-order valence-electron chi connectivity index (χ4n) is 4.90. The number of benzene rings is 1. The van der Waals surface area contributed by atoms with Gasteiger partial charge in [0.1, 0.15) is 0 Å². The van der Waals surface area contributed by atoms with Gasteiger partial charge in [-0.05, 0) is 88.3 Å². The van der Waals surface area contributed by atoms with E-state index in [9.17, 15) is 4.79 Å². The first-order valence-electron chi connectivity index (χ1n) is 11.6. The van der Waals surface area contributed by atoms with E-state index in [0.29, 0.717) is 18.9 Å². The number of carbonyl (C=O) groups excluding carboxylic acids is 1. The minimum Gasteiger partial charge on any atom is -0.353 e. The van der Waals surface area contributed by atoms with Gasteiger partial charge in [0.05, 0.1) is 11.4 Å². The first-order chi connectivity index (χ1) is 14.8. The van der Waals surface area contributed by atoms with E-state index in [0.717, 1.165) is 41.0 Å². The molecule has 0 spiro atoms. The van der Waals surface area contributed by atoms with E-state index in [1.54, 1.807) is 0 Å². The first-order valence-corrected chi connectivity index (χ1v) is 11.6. The SMILES string of the molecule is Cc1ccc(-n2nc(C)c3c(C)c(CCC(=O)NC4CCCCC4)c(C)nc32)cc1C. The number of fused-ring (bicyclic) bond motifs is 1. The molecular weight excluding hydrogens is 384 g/mol. The Morgan fingerprint density at radius 2 is 1.77 bits per heavy atom. The largest absolute Gasteiger partial charge is 0.353 e. The van der Waals surface area contributed by atoms with Gasteiger partial charge in [0.15, 0.2) is 5.65 Å². The van der Waals surface area contributed by atoms with Crippen LogP contribution in [0, 0.1) is 34.6 Å². The molecule has 2 heterocycles. The number of aryl methyl sites for hydroxylation is 5.